The Morgan fingerprint density at radius 1 is 1.00 bits per heavy atom. The van der Waals surface area contributed by atoms with Crippen LogP contribution in [0.25, 0.3) is 6.08 Å². The van der Waals surface area contributed by atoms with Gasteiger partial charge in [-0.1, -0.05) is 48.6 Å². The molecule has 0 bridgehead atoms. The van der Waals surface area contributed by atoms with E-state index in [1.807, 2.05) is 31.2 Å². The van der Waals surface area contributed by atoms with Gasteiger partial charge in [0.1, 0.15) is 10.9 Å². The van der Waals surface area contributed by atoms with Gasteiger partial charge in [-0.2, -0.15) is 0 Å². The topological polar surface area (TPSA) is 65.1 Å². The van der Waals surface area contributed by atoms with Crippen molar-refractivity contribution in [3.63, 3.8) is 0 Å². The number of nitrogens with zero attached hydrogens (tertiary/aromatic N) is 1. The van der Waals surface area contributed by atoms with Crippen LogP contribution in [-0.2, 0) is 20.9 Å². The molecule has 0 unspecified atom stereocenters. The fourth-order valence-electron chi connectivity index (χ4n) is 4.00. The maximum atomic E-state index is 13.0. The summed E-state index contributed by atoms with van der Waals surface area (Å²) in [6.45, 7) is 9.73. The Kier molecular flexibility index (Phi) is 10.6. The fourth-order valence-corrected chi connectivity index (χ4v) is 5.30. The van der Waals surface area contributed by atoms with Gasteiger partial charge in [-0.25, -0.2) is 0 Å². The molecule has 198 valence electrons. The Hall–Kier alpha value is -2.84. The summed E-state index contributed by atoms with van der Waals surface area (Å²) >= 11 is 6.76. The summed E-state index contributed by atoms with van der Waals surface area (Å²) in [5.41, 5.74) is 5.69. The van der Waals surface area contributed by atoms with Crippen LogP contribution in [0.5, 0.6) is 11.5 Å². The number of hydrogen-bond donors (Lipinski definition) is 0. The summed E-state index contributed by atoms with van der Waals surface area (Å²) in [6.07, 6.45) is 4.57. The van der Waals surface area contributed by atoms with Crippen molar-refractivity contribution in [2.75, 3.05) is 20.3 Å². The minimum absolute atomic E-state index is 0.0912. The molecule has 1 amide bonds. The smallest absolute Gasteiger partial charge is 0.305 e. The van der Waals surface area contributed by atoms with Crippen molar-refractivity contribution in [1.82, 2.24) is 4.90 Å². The third-order valence-corrected chi connectivity index (χ3v) is 7.64. The quantitative estimate of drug-likeness (QED) is 0.131. The minimum Gasteiger partial charge on any atom is -0.490 e. The molecule has 1 saturated heterocycles. The van der Waals surface area contributed by atoms with Crippen LogP contribution in [0.1, 0.15) is 60.4 Å². The van der Waals surface area contributed by atoms with Gasteiger partial charge < -0.3 is 14.2 Å². The number of carbonyl (C=O) groups excluding carboxylic acids is 2. The predicted molar refractivity (Wildman–Crippen MR) is 153 cm³/mol. The first-order chi connectivity index (χ1) is 17.7. The summed E-state index contributed by atoms with van der Waals surface area (Å²) in [7, 11) is 1.39. The van der Waals surface area contributed by atoms with E-state index in [9.17, 15) is 9.59 Å². The maximum absolute atomic E-state index is 13.0. The zero-order chi connectivity index (χ0) is 26.9. The van der Waals surface area contributed by atoms with E-state index in [1.54, 1.807) is 4.90 Å². The molecule has 1 heterocycles. The van der Waals surface area contributed by atoms with Gasteiger partial charge in [-0.05, 0) is 86.6 Å². The third-order valence-electron chi connectivity index (χ3n) is 6.26. The molecule has 2 aromatic carbocycles. The number of amides is 1. The van der Waals surface area contributed by atoms with Gasteiger partial charge in [-0.3, -0.25) is 14.5 Å². The number of benzene rings is 2. The molecule has 0 radical (unpaired) electrons. The Balaban J connectivity index is 1.66. The molecule has 1 aliphatic heterocycles. The van der Waals surface area contributed by atoms with Crippen LogP contribution in [0.2, 0.25) is 0 Å². The number of thioether (sulfide) groups is 1. The molecule has 0 atom stereocenters. The van der Waals surface area contributed by atoms with Crippen LogP contribution in [0.15, 0.2) is 35.2 Å². The minimum atomic E-state index is -0.211. The van der Waals surface area contributed by atoms with E-state index in [2.05, 4.69) is 37.6 Å². The summed E-state index contributed by atoms with van der Waals surface area (Å²) < 4.78 is 17.2. The summed E-state index contributed by atoms with van der Waals surface area (Å²) in [6, 6.07) is 10.0. The normalized spacial score (nSPS) is 14.4. The highest BCUT2D eigenvalue weighted by atomic mass is 32.2. The van der Waals surface area contributed by atoms with Crippen LogP contribution in [0.4, 0.5) is 0 Å². The molecule has 1 fully saturated rings. The molecule has 0 saturated carbocycles. The average Bonchev–Trinajstić information content (AvgIpc) is 3.13. The zero-order valence-electron chi connectivity index (χ0n) is 22.2. The second-order valence-corrected chi connectivity index (χ2v) is 10.7. The Bertz CT molecular complexity index is 1190. The lowest BCUT2D eigenvalue weighted by Crippen LogP contribution is -2.29. The molecule has 8 heteroatoms. The van der Waals surface area contributed by atoms with E-state index < -0.39 is 0 Å². The Morgan fingerprint density at radius 3 is 2.49 bits per heavy atom. The molecular weight excluding hydrogens is 506 g/mol. The van der Waals surface area contributed by atoms with E-state index in [0.29, 0.717) is 46.9 Å². The van der Waals surface area contributed by atoms with Gasteiger partial charge in [0.05, 0.1) is 18.6 Å². The van der Waals surface area contributed by atoms with E-state index in [1.165, 1.54) is 35.6 Å². The van der Waals surface area contributed by atoms with E-state index in [0.717, 1.165) is 30.4 Å². The van der Waals surface area contributed by atoms with Gasteiger partial charge in [-0.15, -0.1) is 0 Å². The summed E-state index contributed by atoms with van der Waals surface area (Å²) in [5.74, 6) is 0.998. The van der Waals surface area contributed by atoms with Crippen LogP contribution < -0.4 is 9.47 Å². The number of esters is 1. The molecule has 3 rings (SSSR count). The third kappa shape index (κ3) is 7.82. The van der Waals surface area contributed by atoms with Crippen LogP contribution in [0.3, 0.4) is 0 Å². The largest absolute Gasteiger partial charge is 0.490 e. The monoisotopic (exact) mass is 541 g/mol. The van der Waals surface area contributed by atoms with Crippen molar-refractivity contribution >= 4 is 46.3 Å². The molecule has 37 heavy (non-hydrogen) atoms. The van der Waals surface area contributed by atoms with Crippen LogP contribution in [-0.4, -0.2) is 41.4 Å². The number of ether oxygens (including phenoxy) is 3. The van der Waals surface area contributed by atoms with E-state index in [4.69, 9.17) is 21.7 Å². The van der Waals surface area contributed by atoms with Gasteiger partial charge in [0.25, 0.3) is 5.91 Å². The van der Waals surface area contributed by atoms with Crippen molar-refractivity contribution in [1.29, 1.82) is 0 Å². The second-order valence-electron chi connectivity index (χ2n) is 9.01. The molecule has 0 aliphatic carbocycles. The van der Waals surface area contributed by atoms with Gasteiger partial charge >= 0.3 is 5.97 Å². The van der Waals surface area contributed by atoms with Crippen molar-refractivity contribution in [3.8, 4) is 11.5 Å². The summed E-state index contributed by atoms with van der Waals surface area (Å²) in [4.78, 5) is 26.4. The van der Waals surface area contributed by atoms with Crippen molar-refractivity contribution in [2.24, 2.45) is 0 Å². The highest BCUT2D eigenvalue weighted by molar-refractivity contribution is 8.26. The van der Waals surface area contributed by atoms with Gasteiger partial charge in [0, 0.05) is 13.0 Å². The zero-order valence-corrected chi connectivity index (χ0v) is 23.9. The molecule has 2 aromatic rings. The van der Waals surface area contributed by atoms with Crippen molar-refractivity contribution < 1.29 is 23.8 Å². The molecular formula is C29H35NO5S2. The lowest BCUT2D eigenvalue weighted by Gasteiger charge is -2.15. The predicted octanol–water partition coefficient (Wildman–Crippen LogP) is 6.52. The van der Waals surface area contributed by atoms with Gasteiger partial charge in [0.15, 0.2) is 11.5 Å². The van der Waals surface area contributed by atoms with Crippen LogP contribution >= 0.6 is 24.0 Å². The first kappa shape index (κ1) is 28.7. The van der Waals surface area contributed by atoms with Gasteiger partial charge in [0.2, 0.25) is 0 Å². The number of unbranched alkanes of at least 4 members (excludes halogenated alkanes) is 2. The lowest BCUT2D eigenvalue weighted by molar-refractivity contribution is -0.140. The first-order valence-corrected chi connectivity index (χ1v) is 13.7. The Morgan fingerprint density at radius 2 is 1.76 bits per heavy atom. The fraction of sp³-hybridized carbons (Fsp3) is 0.414. The standard InChI is InChI=1S/C29H35NO5S2/c1-6-34-25-16-22(11-12-24(25)35-18-23-15-20(3)19(2)14-21(23)4)17-26-28(32)30(29(36)37-26)13-9-7-8-10-27(31)33-5/h11-12,14-17H,6-10,13,18H2,1-5H3/b26-17+. The first-order valence-electron chi connectivity index (χ1n) is 12.5. The number of thiocarbonyl (C=S) groups is 1. The van der Waals surface area contributed by atoms with E-state index >= 15 is 0 Å². The molecule has 6 nitrogen and oxygen atoms in total. The molecule has 1 aliphatic rings. The van der Waals surface area contributed by atoms with Crippen LogP contribution in [0, 0.1) is 20.8 Å². The number of aryl methyl sites for hydroxylation is 3. The summed E-state index contributed by atoms with van der Waals surface area (Å²) in [5, 5.41) is 0. The van der Waals surface area contributed by atoms with Crippen molar-refractivity contribution in [3.05, 3.63) is 63.1 Å². The molecule has 0 N–H and O–H groups in total. The SMILES string of the molecule is CCOc1cc(/C=C2/SC(=S)N(CCCCCC(=O)OC)C2=O)ccc1OCc1cc(C)c(C)cc1C. The molecule has 0 spiro atoms. The average molecular weight is 542 g/mol. The highest BCUT2D eigenvalue weighted by Crippen LogP contribution is 2.35. The number of methoxy groups -OCH3 is 1. The second kappa shape index (κ2) is 13.6. The Labute approximate surface area is 229 Å². The number of carbonyl (C=O) groups is 2. The lowest BCUT2D eigenvalue weighted by atomic mass is 10.0. The van der Waals surface area contributed by atoms with E-state index in [-0.39, 0.29) is 11.9 Å². The molecule has 0 aromatic heterocycles. The van der Waals surface area contributed by atoms with Crippen molar-refractivity contribution in [2.45, 2.75) is 60.0 Å². The number of hydrogen-bond acceptors (Lipinski definition) is 7. The highest BCUT2D eigenvalue weighted by Gasteiger charge is 2.31. The number of rotatable bonds is 12. The maximum Gasteiger partial charge on any atom is 0.305 e.